The summed E-state index contributed by atoms with van der Waals surface area (Å²) in [5, 5.41) is 8.02. The fourth-order valence-electron chi connectivity index (χ4n) is 1.14. The summed E-state index contributed by atoms with van der Waals surface area (Å²) in [7, 11) is 0. The average Bonchev–Trinajstić information content (AvgIpc) is 2.07. The number of hydrogen-bond donors (Lipinski definition) is 1. The van der Waals surface area contributed by atoms with Gasteiger partial charge < -0.3 is 5.11 Å². The Balaban J connectivity index is 2.51. The summed E-state index contributed by atoms with van der Waals surface area (Å²) in [5.74, 6) is -1.23. The summed E-state index contributed by atoms with van der Waals surface area (Å²) in [5.41, 5.74) is 0.840. The van der Waals surface area contributed by atoms with Crippen LogP contribution in [0.4, 0.5) is 4.39 Å². The molecule has 0 heterocycles. The molecule has 0 aliphatic heterocycles. The molecule has 14 heavy (non-hydrogen) atoms. The Morgan fingerprint density at radius 3 is 2.50 bits per heavy atom. The molecule has 0 aromatic heterocycles. The second-order valence-electron chi connectivity index (χ2n) is 3.03. The minimum atomic E-state index is -0.924. The predicted octanol–water partition coefficient (Wildman–Crippen LogP) is 2.45. The molecular formula is C10H10ClFO2. The first-order valence-corrected chi connectivity index (χ1v) is 4.62. The first-order chi connectivity index (χ1) is 6.58. The minimum absolute atomic E-state index is 0.0844. The number of carbonyl (C=O) groups is 1. The number of hydrogen-bond acceptors (Lipinski definition) is 1. The van der Waals surface area contributed by atoms with Crippen LogP contribution in [0.3, 0.4) is 0 Å². The number of aliphatic carboxylic acids is 1. The minimum Gasteiger partial charge on any atom is -0.481 e. The molecule has 0 bridgehead atoms. The second-order valence-corrected chi connectivity index (χ2v) is 3.64. The van der Waals surface area contributed by atoms with Crippen LogP contribution >= 0.6 is 11.6 Å². The molecule has 1 N–H and O–H groups in total. The summed E-state index contributed by atoms with van der Waals surface area (Å²) in [6.45, 7) is 0. The largest absolute Gasteiger partial charge is 0.481 e. The fourth-order valence-corrected chi connectivity index (χ4v) is 1.45. The monoisotopic (exact) mass is 216 g/mol. The van der Waals surface area contributed by atoms with E-state index in [0.717, 1.165) is 5.56 Å². The molecular weight excluding hydrogens is 207 g/mol. The third-order valence-electron chi connectivity index (χ3n) is 1.77. The Bertz CT molecular complexity index is 310. The highest BCUT2D eigenvalue weighted by atomic mass is 35.5. The lowest BCUT2D eigenvalue weighted by Crippen LogP contribution is -2.09. The molecule has 76 valence electrons. The van der Waals surface area contributed by atoms with E-state index in [9.17, 15) is 9.18 Å². The lowest BCUT2D eigenvalue weighted by Gasteiger charge is -2.05. The highest BCUT2D eigenvalue weighted by molar-refractivity contribution is 6.21. The van der Waals surface area contributed by atoms with E-state index in [1.54, 1.807) is 12.1 Å². The van der Waals surface area contributed by atoms with Crippen molar-refractivity contribution in [3.63, 3.8) is 0 Å². The van der Waals surface area contributed by atoms with Gasteiger partial charge in [0.1, 0.15) is 5.82 Å². The van der Waals surface area contributed by atoms with Crippen LogP contribution in [0, 0.1) is 5.82 Å². The Labute approximate surface area is 86.3 Å². The topological polar surface area (TPSA) is 37.3 Å². The highest BCUT2D eigenvalue weighted by Crippen LogP contribution is 2.12. The van der Waals surface area contributed by atoms with E-state index in [1.807, 2.05) is 0 Å². The number of halogens is 2. The van der Waals surface area contributed by atoms with Crippen molar-refractivity contribution in [1.82, 2.24) is 0 Å². The quantitative estimate of drug-likeness (QED) is 0.785. The van der Waals surface area contributed by atoms with Gasteiger partial charge in [-0.1, -0.05) is 12.1 Å². The zero-order valence-electron chi connectivity index (χ0n) is 7.41. The Hall–Kier alpha value is -1.09. The predicted molar refractivity (Wildman–Crippen MR) is 52.0 cm³/mol. The summed E-state index contributed by atoms with van der Waals surface area (Å²) in [4.78, 5) is 10.3. The van der Waals surface area contributed by atoms with E-state index in [-0.39, 0.29) is 12.2 Å². The molecule has 0 aliphatic rings. The lowest BCUT2D eigenvalue weighted by molar-refractivity contribution is -0.137. The van der Waals surface area contributed by atoms with Crippen LogP contribution in [0.2, 0.25) is 0 Å². The Kier molecular flexibility index (Phi) is 3.89. The fraction of sp³-hybridized carbons (Fsp3) is 0.300. The first kappa shape index (κ1) is 11.0. The zero-order chi connectivity index (χ0) is 10.6. The molecule has 2 nitrogen and oxygen atoms in total. The molecule has 1 unspecified atom stereocenters. The van der Waals surface area contributed by atoms with Gasteiger partial charge in [-0.25, -0.2) is 4.39 Å². The number of carboxylic acid groups (broad SMARTS) is 1. The van der Waals surface area contributed by atoms with Crippen molar-refractivity contribution >= 4 is 17.6 Å². The molecule has 0 amide bonds. The zero-order valence-corrected chi connectivity index (χ0v) is 8.17. The summed E-state index contributed by atoms with van der Waals surface area (Å²) in [6.07, 6.45) is 0.354. The van der Waals surface area contributed by atoms with E-state index in [0.29, 0.717) is 6.42 Å². The maximum atomic E-state index is 12.5. The van der Waals surface area contributed by atoms with Crippen LogP contribution in [0.25, 0.3) is 0 Å². The van der Waals surface area contributed by atoms with Gasteiger partial charge in [0.05, 0.1) is 6.42 Å². The molecule has 1 rings (SSSR count). The maximum absolute atomic E-state index is 12.5. The van der Waals surface area contributed by atoms with Crippen molar-refractivity contribution in [3.8, 4) is 0 Å². The summed E-state index contributed by atoms with van der Waals surface area (Å²) < 4.78 is 12.5. The van der Waals surface area contributed by atoms with Crippen molar-refractivity contribution in [1.29, 1.82) is 0 Å². The van der Waals surface area contributed by atoms with Gasteiger partial charge in [-0.2, -0.15) is 0 Å². The van der Waals surface area contributed by atoms with E-state index < -0.39 is 11.3 Å². The first-order valence-electron chi connectivity index (χ1n) is 4.18. The van der Waals surface area contributed by atoms with Crippen molar-refractivity contribution in [2.75, 3.05) is 0 Å². The van der Waals surface area contributed by atoms with Crippen LogP contribution in [-0.4, -0.2) is 16.5 Å². The van der Waals surface area contributed by atoms with Crippen LogP contribution < -0.4 is 0 Å². The van der Waals surface area contributed by atoms with E-state index in [1.165, 1.54) is 12.1 Å². The van der Waals surface area contributed by atoms with E-state index >= 15 is 0 Å². The molecule has 1 aromatic rings. The average molecular weight is 217 g/mol. The summed E-state index contributed by atoms with van der Waals surface area (Å²) >= 11 is 5.78. The van der Waals surface area contributed by atoms with Gasteiger partial charge >= 0.3 is 5.97 Å². The highest BCUT2D eigenvalue weighted by Gasteiger charge is 2.10. The Morgan fingerprint density at radius 1 is 1.43 bits per heavy atom. The van der Waals surface area contributed by atoms with Gasteiger partial charge in [-0.05, 0) is 24.1 Å². The third-order valence-corrected chi connectivity index (χ3v) is 2.08. The van der Waals surface area contributed by atoms with Crippen LogP contribution in [-0.2, 0) is 11.2 Å². The second kappa shape index (κ2) is 4.96. The molecule has 1 aromatic carbocycles. The third kappa shape index (κ3) is 3.75. The van der Waals surface area contributed by atoms with Gasteiger partial charge in [0.15, 0.2) is 0 Å². The molecule has 0 spiro atoms. The molecule has 0 aliphatic carbocycles. The van der Waals surface area contributed by atoms with E-state index in [2.05, 4.69) is 0 Å². The maximum Gasteiger partial charge on any atom is 0.304 e. The smallest absolute Gasteiger partial charge is 0.304 e. The van der Waals surface area contributed by atoms with Gasteiger partial charge in [0.2, 0.25) is 0 Å². The van der Waals surface area contributed by atoms with Crippen LogP contribution in [0.15, 0.2) is 24.3 Å². The van der Waals surface area contributed by atoms with Gasteiger partial charge in [-0.15, -0.1) is 11.6 Å². The number of rotatable bonds is 4. The van der Waals surface area contributed by atoms with Crippen LogP contribution in [0.5, 0.6) is 0 Å². The SMILES string of the molecule is O=C(O)CC(Cl)Cc1ccc(F)cc1. The van der Waals surface area contributed by atoms with Crippen molar-refractivity contribution in [3.05, 3.63) is 35.6 Å². The summed E-state index contributed by atoms with van der Waals surface area (Å²) in [6, 6.07) is 5.87. The van der Waals surface area contributed by atoms with Crippen LogP contribution in [0.1, 0.15) is 12.0 Å². The lowest BCUT2D eigenvalue weighted by atomic mass is 10.1. The van der Waals surface area contributed by atoms with Crippen molar-refractivity contribution in [2.45, 2.75) is 18.2 Å². The van der Waals surface area contributed by atoms with Gasteiger partial charge in [-0.3, -0.25) is 4.79 Å². The number of carboxylic acids is 1. The molecule has 0 saturated carbocycles. The van der Waals surface area contributed by atoms with Gasteiger partial charge in [0.25, 0.3) is 0 Å². The van der Waals surface area contributed by atoms with Gasteiger partial charge in [0, 0.05) is 5.38 Å². The van der Waals surface area contributed by atoms with Crippen molar-refractivity contribution in [2.24, 2.45) is 0 Å². The number of benzene rings is 1. The molecule has 0 fully saturated rings. The molecule has 0 radical (unpaired) electrons. The molecule has 4 heteroatoms. The molecule has 1 atom stereocenters. The standard InChI is InChI=1S/C10H10ClFO2/c11-8(6-10(13)14)5-7-1-3-9(12)4-2-7/h1-4,8H,5-6H2,(H,13,14). The van der Waals surface area contributed by atoms with Crippen molar-refractivity contribution < 1.29 is 14.3 Å². The van der Waals surface area contributed by atoms with E-state index in [4.69, 9.17) is 16.7 Å². The molecule has 0 saturated heterocycles. The normalized spacial score (nSPS) is 12.4. The Morgan fingerprint density at radius 2 is 2.00 bits per heavy atom. The number of alkyl halides is 1.